The molecule has 1 aromatic rings. The van der Waals surface area contributed by atoms with Gasteiger partial charge >= 0.3 is 5.97 Å². The highest BCUT2D eigenvalue weighted by Crippen LogP contribution is 2.22. The number of hydrogen-bond donors (Lipinski definition) is 2. The molecule has 0 spiro atoms. The van der Waals surface area contributed by atoms with Crippen molar-refractivity contribution in [1.29, 1.82) is 0 Å². The lowest BCUT2D eigenvalue weighted by Gasteiger charge is -2.22. The Morgan fingerprint density at radius 2 is 2.21 bits per heavy atom. The van der Waals surface area contributed by atoms with E-state index in [1.807, 2.05) is 24.3 Å². The average molecular weight is 284 g/mol. The van der Waals surface area contributed by atoms with Crippen molar-refractivity contribution in [2.24, 2.45) is 11.7 Å². The third kappa shape index (κ3) is 5.21. The summed E-state index contributed by atoms with van der Waals surface area (Å²) in [6.07, 6.45) is 3.21. The van der Waals surface area contributed by atoms with E-state index >= 15 is 0 Å². The summed E-state index contributed by atoms with van der Waals surface area (Å²) in [5, 5.41) is 9.75. The highest BCUT2D eigenvalue weighted by molar-refractivity contribution is 6.30. The first kappa shape index (κ1) is 16.0. The third-order valence-electron chi connectivity index (χ3n) is 3.55. The summed E-state index contributed by atoms with van der Waals surface area (Å²) in [6.45, 7) is 3.69. The van der Waals surface area contributed by atoms with Crippen molar-refractivity contribution in [3.05, 3.63) is 34.9 Å². The maximum Gasteiger partial charge on any atom is 0.323 e. The Bertz CT molecular complexity index is 432. The number of halogens is 1. The Morgan fingerprint density at radius 1 is 1.53 bits per heavy atom. The van der Waals surface area contributed by atoms with Gasteiger partial charge in [-0.2, -0.15) is 0 Å². The topological polar surface area (TPSA) is 63.3 Å². The molecule has 0 aliphatic heterocycles. The summed E-state index contributed by atoms with van der Waals surface area (Å²) in [5.41, 5.74) is 5.81. The van der Waals surface area contributed by atoms with Crippen LogP contribution in [0.3, 0.4) is 0 Å². The van der Waals surface area contributed by atoms with E-state index in [0.717, 1.165) is 24.3 Å². The molecule has 3 N–H and O–H groups in total. The van der Waals surface area contributed by atoms with Crippen LogP contribution in [0.4, 0.5) is 0 Å². The van der Waals surface area contributed by atoms with E-state index in [9.17, 15) is 4.79 Å². The standard InChI is InChI=1S/C15H22ClNO2/c1-3-11(7-8-15(2,17)14(18)19)9-12-5-4-6-13(16)10-12/h4-6,10-11H,3,7-9,17H2,1-2H3,(H,18,19). The van der Waals surface area contributed by atoms with Crippen molar-refractivity contribution in [1.82, 2.24) is 0 Å². The average Bonchev–Trinajstić information content (AvgIpc) is 2.34. The molecule has 0 fully saturated rings. The van der Waals surface area contributed by atoms with E-state index in [4.69, 9.17) is 22.4 Å². The maximum atomic E-state index is 11.0. The molecule has 19 heavy (non-hydrogen) atoms. The largest absolute Gasteiger partial charge is 0.480 e. The predicted molar refractivity (Wildman–Crippen MR) is 78.4 cm³/mol. The Labute approximate surface area is 119 Å². The first-order valence-corrected chi connectivity index (χ1v) is 6.99. The highest BCUT2D eigenvalue weighted by Gasteiger charge is 2.28. The molecule has 2 unspecified atom stereocenters. The minimum Gasteiger partial charge on any atom is -0.480 e. The number of nitrogens with two attached hydrogens (primary N) is 1. The molecule has 3 nitrogen and oxygen atoms in total. The van der Waals surface area contributed by atoms with Gasteiger partial charge in [0.15, 0.2) is 0 Å². The molecule has 0 aliphatic rings. The van der Waals surface area contributed by atoms with Crippen molar-refractivity contribution in [2.75, 3.05) is 0 Å². The number of carbonyl (C=O) groups is 1. The summed E-state index contributed by atoms with van der Waals surface area (Å²) in [6, 6.07) is 7.80. The zero-order valence-electron chi connectivity index (χ0n) is 11.5. The van der Waals surface area contributed by atoms with E-state index in [1.54, 1.807) is 6.92 Å². The molecule has 0 radical (unpaired) electrons. The van der Waals surface area contributed by atoms with Gasteiger partial charge in [0.25, 0.3) is 0 Å². The van der Waals surface area contributed by atoms with Crippen LogP contribution in [0.2, 0.25) is 5.02 Å². The predicted octanol–water partition coefficient (Wildman–Crippen LogP) is 3.49. The maximum absolute atomic E-state index is 11.0. The fourth-order valence-electron chi connectivity index (χ4n) is 2.06. The zero-order chi connectivity index (χ0) is 14.5. The van der Waals surface area contributed by atoms with E-state index in [2.05, 4.69) is 6.92 Å². The van der Waals surface area contributed by atoms with Crippen LogP contribution in [0.15, 0.2) is 24.3 Å². The van der Waals surface area contributed by atoms with Gasteiger partial charge in [-0.1, -0.05) is 37.1 Å². The third-order valence-corrected chi connectivity index (χ3v) is 3.79. The van der Waals surface area contributed by atoms with Gasteiger partial charge in [0.2, 0.25) is 0 Å². The summed E-state index contributed by atoms with van der Waals surface area (Å²) in [4.78, 5) is 11.0. The second-order valence-electron chi connectivity index (χ2n) is 5.37. The van der Waals surface area contributed by atoms with Gasteiger partial charge in [-0.25, -0.2) is 0 Å². The fourth-order valence-corrected chi connectivity index (χ4v) is 2.27. The number of aliphatic carboxylic acids is 1. The molecule has 0 aliphatic carbocycles. The minimum absolute atomic E-state index is 0.431. The first-order valence-electron chi connectivity index (χ1n) is 6.62. The van der Waals surface area contributed by atoms with Crippen LogP contribution in [0.5, 0.6) is 0 Å². The highest BCUT2D eigenvalue weighted by atomic mass is 35.5. The van der Waals surface area contributed by atoms with Gasteiger partial charge in [0, 0.05) is 5.02 Å². The smallest absolute Gasteiger partial charge is 0.323 e. The van der Waals surface area contributed by atoms with Crippen LogP contribution in [-0.4, -0.2) is 16.6 Å². The van der Waals surface area contributed by atoms with Crippen molar-refractivity contribution in [3.8, 4) is 0 Å². The van der Waals surface area contributed by atoms with Crippen LogP contribution in [0.25, 0.3) is 0 Å². The van der Waals surface area contributed by atoms with Crippen LogP contribution >= 0.6 is 11.6 Å². The summed E-state index contributed by atoms with van der Waals surface area (Å²) in [7, 11) is 0. The van der Waals surface area contributed by atoms with Crippen molar-refractivity contribution >= 4 is 17.6 Å². The van der Waals surface area contributed by atoms with Crippen LogP contribution in [0.1, 0.15) is 38.7 Å². The molecule has 4 heteroatoms. The Hall–Kier alpha value is -1.06. The molecular weight excluding hydrogens is 262 g/mol. The second-order valence-corrected chi connectivity index (χ2v) is 5.81. The number of carboxylic acid groups (broad SMARTS) is 1. The molecule has 2 atom stereocenters. The van der Waals surface area contributed by atoms with Crippen molar-refractivity contribution in [2.45, 2.75) is 45.1 Å². The number of hydrogen-bond acceptors (Lipinski definition) is 2. The molecule has 0 aromatic heterocycles. The molecular formula is C15H22ClNO2. The van der Waals surface area contributed by atoms with Crippen LogP contribution in [-0.2, 0) is 11.2 Å². The molecule has 0 amide bonds. The summed E-state index contributed by atoms with van der Waals surface area (Å²) in [5.74, 6) is -0.509. The Balaban J connectivity index is 2.57. The molecule has 0 saturated carbocycles. The lowest BCUT2D eigenvalue weighted by Crippen LogP contribution is -2.45. The summed E-state index contributed by atoms with van der Waals surface area (Å²) >= 11 is 5.96. The van der Waals surface area contributed by atoms with E-state index in [1.165, 1.54) is 5.56 Å². The van der Waals surface area contributed by atoms with Crippen molar-refractivity contribution < 1.29 is 9.90 Å². The Kier molecular flexibility index (Phi) is 5.83. The molecule has 1 aromatic carbocycles. The van der Waals surface area contributed by atoms with Crippen molar-refractivity contribution in [3.63, 3.8) is 0 Å². The van der Waals surface area contributed by atoms with E-state index in [-0.39, 0.29) is 0 Å². The normalized spacial score (nSPS) is 15.8. The molecule has 0 saturated heterocycles. The van der Waals surface area contributed by atoms with Gasteiger partial charge in [0.05, 0.1) is 0 Å². The summed E-state index contributed by atoms with van der Waals surface area (Å²) < 4.78 is 0. The number of benzene rings is 1. The quantitative estimate of drug-likeness (QED) is 0.805. The fraction of sp³-hybridized carbons (Fsp3) is 0.533. The number of rotatable bonds is 7. The van der Waals surface area contributed by atoms with Crippen LogP contribution < -0.4 is 5.73 Å². The van der Waals surface area contributed by atoms with Gasteiger partial charge in [-0.05, 0) is 49.8 Å². The van der Waals surface area contributed by atoms with Crippen LogP contribution in [0, 0.1) is 5.92 Å². The Morgan fingerprint density at radius 3 is 2.74 bits per heavy atom. The monoisotopic (exact) mass is 283 g/mol. The van der Waals surface area contributed by atoms with Gasteiger partial charge < -0.3 is 10.8 Å². The van der Waals surface area contributed by atoms with Gasteiger partial charge in [0.1, 0.15) is 5.54 Å². The lowest BCUT2D eigenvalue weighted by molar-refractivity contribution is -0.143. The zero-order valence-corrected chi connectivity index (χ0v) is 12.3. The molecule has 0 heterocycles. The van der Waals surface area contributed by atoms with E-state index in [0.29, 0.717) is 12.3 Å². The second kappa shape index (κ2) is 6.92. The minimum atomic E-state index is -1.14. The van der Waals surface area contributed by atoms with E-state index < -0.39 is 11.5 Å². The van der Waals surface area contributed by atoms with Gasteiger partial charge in [-0.3, -0.25) is 4.79 Å². The SMILES string of the molecule is CCC(CCC(C)(N)C(=O)O)Cc1cccc(Cl)c1. The molecule has 0 bridgehead atoms. The lowest BCUT2D eigenvalue weighted by atomic mass is 9.87. The van der Waals surface area contributed by atoms with Gasteiger partial charge in [-0.15, -0.1) is 0 Å². The molecule has 1 rings (SSSR count). The first-order chi connectivity index (χ1) is 8.85. The number of carboxylic acids is 1. The molecule has 106 valence electrons.